The molecule has 12 atom stereocenters. The van der Waals surface area contributed by atoms with Gasteiger partial charge >= 0.3 is 142 Å². The van der Waals surface area contributed by atoms with Crippen molar-refractivity contribution in [1.29, 1.82) is 0 Å². The lowest BCUT2D eigenvalue weighted by Crippen LogP contribution is -2.92. The number of hydrogen-bond acceptors (Lipinski definition) is 24. The molecule has 0 N–H and O–H groups in total. The Morgan fingerprint density at radius 3 is 0.479 bits per heavy atom. The topological polar surface area (TPSA) is 222 Å². The fourth-order valence-corrected chi connectivity index (χ4v) is 108. The van der Waals surface area contributed by atoms with Gasteiger partial charge in [0.1, 0.15) is 21.0 Å². The predicted octanol–water partition coefficient (Wildman–Crippen LogP) is 4.99. The van der Waals surface area contributed by atoms with Crippen molar-refractivity contribution < 1.29 is 98.8 Å². The highest BCUT2D eigenvalue weighted by atomic mass is 28.6. The summed E-state index contributed by atoms with van der Waals surface area (Å²) in [6, 6.07) is 145. The highest BCUT2D eigenvalue weighted by Crippen LogP contribution is 2.49. The van der Waals surface area contributed by atoms with Gasteiger partial charge in [0.2, 0.25) is 0 Å². The highest BCUT2D eigenvalue weighted by Gasteiger charge is 2.85. The lowest BCUT2D eigenvalue weighted by molar-refractivity contribution is 0.0253. The van der Waals surface area contributed by atoms with Crippen LogP contribution < -0.4 is 83.0 Å². The minimum Gasteiger partial charge on any atom is -0.422 e. The fourth-order valence-electron chi connectivity index (χ4n) is 18.6. The summed E-state index contributed by atoms with van der Waals surface area (Å²) in [6.07, 6.45) is 0. The van der Waals surface area contributed by atoms with Crippen LogP contribution in [0, 0.1) is 41.5 Å². The Morgan fingerprint density at radius 2 is 0.278 bits per heavy atom. The van der Waals surface area contributed by atoms with E-state index in [2.05, 4.69) is 19.1 Å². The van der Waals surface area contributed by atoms with Crippen molar-refractivity contribution >= 4 is 246 Å². The Hall–Kier alpha value is -9.54. The molecule has 8 aliphatic heterocycles. The Morgan fingerprint density at radius 1 is 0.146 bits per heavy atom. The summed E-state index contributed by atoms with van der Waals surface area (Å²) in [5.41, 5.74) is 6.15. The van der Waals surface area contributed by atoms with Crippen molar-refractivity contribution in [3.05, 3.63) is 482 Å². The molecule has 24 nitrogen and oxygen atoms in total. The second-order valence-electron chi connectivity index (χ2n) is 36.1. The van der Waals surface area contributed by atoms with Gasteiger partial charge in [-0.2, -0.15) is 0 Å². The molecule has 144 heavy (non-hydrogen) atoms. The molecule has 42 heteroatoms. The van der Waals surface area contributed by atoms with Gasteiger partial charge in [-0.05, 0) is 51.9 Å². The molecule has 0 saturated carbocycles. The lowest BCUT2D eigenvalue weighted by Gasteiger charge is -2.59. The van der Waals surface area contributed by atoms with Crippen LogP contribution in [-0.2, 0) is 98.8 Å². The van der Waals surface area contributed by atoms with Gasteiger partial charge in [-0.25, -0.2) is 0 Å². The second kappa shape index (κ2) is 39.2. The zero-order valence-corrected chi connectivity index (χ0v) is 100.0. The van der Waals surface area contributed by atoms with E-state index in [9.17, 15) is 0 Å². The summed E-state index contributed by atoms with van der Waals surface area (Å²) < 4.78 is 194. The first-order valence-corrected chi connectivity index (χ1v) is 76.3. The third-order valence-electron chi connectivity index (χ3n) is 26.0. The molecule has 0 amide bonds. The highest BCUT2D eigenvalue weighted by molar-refractivity contribution is 7.14. The number of benzene rings is 16. The summed E-state index contributed by atoms with van der Waals surface area (Å²) in [5, 5.41) is 9.94. The first-order chi connectivity index (χ1) is 70.0. The first kappa shape index (κ1) is 97.8. The van der Waals surface area contributed by atoms with Crippen molar-refractivity contribution in [2.75, 3.05) is 0 Å². The Labute approximate surface area is 861 Å². The van der Waals surface area contributed by atoms with Gasteiger partial charge in [-0.3, -0.25) is 0 Å². The monoisotopic (exact) mass is 2210 g/mol. The molecule has 724 valence electrons. The van der Waals surface area contributed by atoms with Crippen LogP contribution in [0.2, 0.25) is 0 Å². The Balaban J connectivity index is 0.000000160. The number of rotatable bonds is 18. The van der Waals surface area contributed by atoms with Gasteiger partial charge in [-0.1, -0.05) is 482 Å². The molecule has 8 fully saturated rings. The van der Waals surface area contributed by atoms with Gasteiger partial charge in [-0.15, -0.1) is 0 Å². The van der Waals surface area contributed by atoms with E-state index < -0.39 is 142 Å². The van der Waals surface area contributed by atoms with Crippen LogP contribution in [0.5, 0.6) is 0 Å². The molecule has 0 aliphatic carbocycles. The summed E-state index contributed by atoms with van der Waals surface area (Å²) in [5.74, 6) is 0. The van der Waals surface area contributed by atoms with E-state index in [0.29, 0.717) is 72.6 Å². The minimum absolute atomic E-state index is 0.134. The SMILES string of the molecule is Cc1ccc([SiH]2O[Si]3(c4ccccc4)O[Si]4(c5ccc(C)cc5)O[Si](O[SiH3])(c5ccc(C)cc5)O[Si]5(c6ccc(C)cc6)O[Si](c6ccc(C)cc6)(O2)O[Si](c2ccc(C)cc2)(O3)O[Si](c2ccccc2)(O4)O5)cc1.[SiH3]O[Si]1(c2ccccc2)O[Si]2(c3ccccc3)O[Si]3(c4ccccc4)O[SiH](c4ccccc4)O[Si]4(c5ccccc5)O[Si](c5ccccc5)(O1)O[Si](c1ccccc1)(O2)O[Si](c1ccccc1)(O3)O4. The summed E-state index contributed by atoms with van der Waals surface area (Å²) in [4.78, 5) is 0. The molecular formula is C102H100O24Si18. The molecule has 0 aromatic heterocycles. The second-order valence-corrected chi connectivity index (χ2v) is 84.2. The van der Waals surface area contributed by atoms with E-state index in [1.54, 1.807) is 0 Å². The molecule has 16 aromatic rings. The average Bonchev–Trinajstić information content (AvgIpc) is 0.680. The van der Waals surface area contributed by atoms with Crippen molar-refractivity contribution in [1.82, 2.24) is 0 Å². The molecule has 8 aliphatic rings. The predicted molar refractivity (Wildman–Crippen MR) is 586 cm³/mol. The van der Waals surface area contributed by atoms with Crippen molar-refractivity contribution in [2.24, 2.45) is 0 Å². The molecule has 0 radical (unpaired) electrons. The average molecular weight is 2220 g/mol. The zero-order chi connectivity index (χ0) is 98.2. The van der Waals surface area contributed by atoms with Crippen molar-refractivity contribution in [3.63, 3.8) is 0 Å². The van der Waals surface area contributed by atoms with Gasteiger partial charge in [0.25, 0.3) is 0 Å². The molecular weight excluding hydrogens is 2110 g/mol. The smallest absolute Gasteiger partial charge is 0.422 e. The van der Waals surface area contributed by atoms with E-state index in [-0.39, 0.29) is 21.0 Å². The van der Waals surface area contributed by atoms with Crippen LogP contribution in [0.1, 0.15) is 33.4 Å². The molecule has 8 saturated heterocycles. The third kappa shape index (κ3) is 18.0. The maximum absolute atomic E-state index is 8.32. The van der Waals surface area contributed by atoms with Crippen LogP contribution in [0.15, 0.2) is 449 Å². The van der Waals surface area contributed by atoms with Crippen LogP contribution in [-0.4, -0.2) is 163 Å². The summed E-state index contributed by atoms with van der Waals surface area (Å²) in [6.45, 7) is 12.3. The third-order valence-corrected chi connectivity index (χ3v) is 93.8. The van der Waals surface area contributed by atoms with Crippen LogP contribution in [0.3, 0.4) is 0 Å². The van der Waals surface area contributed by atoms with Crippen molar-refractivity contribution in [2.45, 2.75) is 41.5 Å². The molecule has 8 heterocycles. The fraction of sp³-hybridized carbons (Fsp3) is 0.0588. The van der Waals surface area contributed by atoms with Gasteiger partial charge < -0.3 is 98.8 Å². The largest absolute Gasteiger partial charge is 0.515 e. The number of fused-ring (bicyclic) bond motifs is 8. The van der Waals surface area contributed by atoms with Gasteiger partial charge in [0.05, 0.1) is 0 Å². The van der Waals surface area contributed by atoms with Crippen LogP contribution in [0.4, 0.5) is 0 Å². The molecule has 24 rings (SSSR count). The zero-order valence-electron chi connectivity index (χ0n) is 79.7. The number of hydrogen-bond donors (Lipinski definition) is 0. The van der Waals surface area contributed by atoms with Gasteiger partial charge in [0.15, 0.2) is 0 Å². The lowest BCUT2D eigenvalue weighted by atomic mass is 10.2. The maximum Gasteiger partial charge on any atom is 0.515 e. The van der Waals surface area contributed by atoms with E-state index in [4.69, 9.17) is 98.8 Å². The Bertz CT molecular complexity index is 7110. The summed E-state index contributed by atoms with van der Waals surface area (Å²) >= 11 is 0. The molecule has 0 spiro atoms. The molecule has 12 bridgehead atoms. The van der Waals surface area contributed by atoms with Gasteiger partial charge in [0, 0.05) is 72.6 Å². The van der Waals surface area contributed by atoms with E-state index in [1.165, 1.54) is 0 Å². The molecule has 16 aromatic carbocycles. The minimum atomic E-state index is -4.84. The van der Waals surface area contributed by atoms with E-state index >= 15 is 0 Å². The van der Waals surface area contributed by atoms with Crippen LogP contribution >= 0.6 is 0 Å². The standard InChI is InChI=1S/C54H56O12Si9.C48H44O12Si9/c1-41-17-29-47(30-18-41)68-56-70(48-13-9-7-10-14-48)60-73(52-35-23-44(4)24-36-52)58-69(55-67,50-31-19-42(2)20-32-50)59-74(53-37-25-45(5)26-38-53)62-71(57-68,51-33-21-43(3)22-34-51)63-75(61-70,54-39-27-46(6)28-40-54)66-72(64-73,65-74)49-15-11-8-12-16-49;61-49-63(42-27-11-2-12-28-42)52-66(45-33-17-5-18-34-45)54-64(43-29-13-3-14-30-43)50-62(41-25-9-1-10-26-41)51-65(44-31-15-4-16-32-44)55-67(53-63,46-35-19-6-20-36-46)59-69(58-66,48-39-23-8-24-40-48)60-68(56-64,57-65)47-37-21-7-22-38-47/h7-40,68H,1-6,67H3;1-40,62H,61H3. The Kier molecular flexibility index (Phi) is 26.6. The normalized spacial score (nSPS) is 31.1. The number of aryl methyl sites for hydroxylation is 6. The van der Waals surface area contributed by atoms with E-state index in [0.717, 1.165) is 43.8 Å². The maximum atomic E-state index is 8.32. The first-order valence-electron chi connectivity index (χ1n) is 47.4. The quantitative estimate of drug-likeness (QED) is 0.103. The summed E-state index contributed by atoms with van der Waals surface area (Å²) in [7, 11) is -72.6. The van der Waals surface area contributed by atoms with Crippen LogP contribution in [0.25, 0.3) is 0 Å². The van der Waals surface area contributed by atoms with E-state index in [1.807, 2.05) is 471 Å². The van der Waals surface area contributed by atoms with Crippen molar-refractivity contribution in [3.8, 4) is 0 Å². The molecule has 12 unspecified atom stereocenters.